The molecule has 0 saturated heterocycles. The minimum Gasteiger partial charge on any atom is -0.452 e. The Bertz CT molecular complexity index is 530. The van der Waals surface area contributed by atoms with Gasteiger partial charge in [-0.15, -0.1) is 0 Å². The number of para-hydroxylation sites is 1. The Morgan fingerprint density at radius 3 is 2.68 bits per heavy atom. The van der Waals surface area contributed by atoms with Gasteiger partial charge in [0.1, 0.15) is 0 Å². The number of carbonyl (C=O) groups is 2. The lowest BCUT2D eigenvalue weighted by Gasteiger charge is -2.29. The number of hydrogen-bond donors (Lipinski definition) is 2. The van der Waals surface area contributed by atoms with Crippen LogP contribution in [0.2, 0.25) is 0 Å². The molecule has 5 nitrogen and oxygen atoms in total. The number of carbonyl (C=O) groups excluding carboxylic acids is 2. The summed E-state index contributed by atoms with van der Waals surface area (Å²) in [6.07, 6.45) is 4.51. The molecule has 1 aromatic carbocycles. The SMILES string of the molecule is CNc1ccccc1C(=O)OCC(=O)N[C@H]1CCCC[C@@H]1C. The molecule has 1 aromatic rings. The van der Waals surface area contributed by atoms with Gasteiger partial charge in [0.15, 0.2) is 6.61 Å². The molecule has 1 fully saturated rings. The van der Waals surface area contributed by atoms with Gasteiger partial charge in [0.05, 0.1) is 5.56 Å². The third-order valence-electron chi connectivity index (χ3n) is 4.21. The van der Waals surface area contributed by atoms with E-state index in [-0.39, 0.29) is 18.6 Å². The summed E-state index contributed by atoms with van der Waals surface area (Å²) in [5, 5.41) is 5.91. The Kier molecular flexibility index (Phi) is 5.81. The normalized spacial score (nSPS) is 21.0. The lowest BCUT2D eigenvalue weighted by atomic mass is 9.86. The van der Waals surface area contributed by atoms with E-state index in [0.717, 1.165) is 19.3 Å². The van der Waals surface area contributed by atoms with Crippen molar-refractivity contribution in [1.82, 2.24) is 5.32 Å². The van der Waals surface area contributed by atoms with Crippen molar-refractivity contribution in [1.29, 1.82) is 0 Å². The van der Waals surface area contributed by atoms with E-state index in [4.69, 9.17) is 4.74 Å². The van der Waals surface area contributed by atoms with E-state index in [1.54, 1.807) is 25.2 Å². The average molecular weight is 304 g/mol. The second kappa shape index (κ2) is 7.82. The van der Waals surface area contributed by atoms with Crippen molar-refractivity contribution in [2.24, 2.45) is 5.92 Å². The molecule has 1 saturated carbocycles. The van der Waals surface area contributed by atoms with Crippen LogP contribution < -0.4 is 10.6 Å². The molecular weight excluding hydrogens is 280 g/mol. The van der Waals surface area contributed by atoms with Crippen LogP contribution in [0.3, 0.4) is 0 Å². The van der Waals surface area contributed by atoms with Gasteiger partial charge in [-0.3, -0.25) is 4.79 Å². The number of ether oxygens (including phenoxy) is 1. The highest BCUT2D eigenvalue weighted by molar-refractivity contribution is 5.96. The van der Waals surface area contributed by atoms with Gasteiger partial charge in [-0.25, -0.2) is 4.79 Å². The molecule has 2 N–H and O–H groups in total. The molecule has 120 valence electrons. The number of benzene rings is 1. The Morgan fingerprint density at radius 1 is 1.23 bits per heavy atom. The van der Waals surface area contributed by atoms with Crippen LogP contribution in [0.1, 0.15) is 43.0 Å². The van der Waals surface area contributed by atoms with Gasteiger partial charge >= 0.3 is 5.97 Å². The molecule has 0 bridgehead atoms. The summed E-state index contributed by atoms with van der Waals surface area (Å²) in [7, 11) is 1.74. The quantitative estimate of drug-likeness (QED) is 0.821. The Labute approximate surface area is 131 Å². The minimum absolute atomic E-state index is 0.199. The van der Waals surface area contributed by atoms with Crippen LogP contribution in [-0.2, 0) is 9.53 Å². The molecule has 0 radical (unpaired) electrons. The maximum atomic E-state index is 12.0. The van der Waals surface area contributed by atoms with E-state index in [2.05, 4.69) is 17.6 Å². The Morgan fingerprint density at radius 2 is 1.95 bits per heavy atom. The van der Waals surface area contributed by atoms with Crippen LogP contribution in [0.5, 0.6) is 0 Å². The molecule has 1 amide bonds. The smallest absolute Gasteiger partial charge is 0.340 e. The van der Waals surface area contributed by atoms with Crippen LogP contribution in [0.25, 0.3) is 0 Å². The molecule has 0 unspecified atom stereocenters. The summed E-state index contributed by atoms with van der Waals surface area (Å²) in [5.41, 5.74) is 1.12. The van der Waals surface area contributed by atoms with Crippen LogP contribution in [0.15, 0.2) is 24.3 Å². The average Bonchev–Trinajstić information content (AvgIpc) is 2.54. The molecule has 2 atom stereocenters. The number of esters is 1. The van der Waals surface area contributed by atoms with Crippen molar-refractivity contribution < 1.29 is 14.3 Å². The number of rotatable bonds is 5. The summed E-state index contributed by atoms with van der Waals surface area (Å²) in [4.78, 5) is 24.0. The highest BCUT2D eigenvalue weighted by Gasteiger charge is 2.23. The fourth-order valence-electron chi connectivity index (χ4n) is 2.87. The van der Waals surface area contributed by atoms with Crippen molar-refractivity contribution >= 4 is 17.6 Å². The number of hydrogen-bond acceptors (Lipinski definition) is 4. The summed E-state index contributed by atoms with van der Waals surface area (Å²) in [6, 6.07) is 7.26. The molecule has 5 heteroatoms. The zero-order chi connectivity index (χ0) is 15.9. The first kappa shape index (κ1) is 16.3. The fourth-order valence-corrected chi connectivity index (χ4v) is 2.87. The standard InChI is InChI=1S/C17H24N2O3/c1-12-7-3-5-9-14(12)19-16(20)11-22-17(21)13-8-4-6-10-15(13)18-2/h4,6,8,10,12,14,18H,3,5,7,9,11H2,1-2H3,(H,19,20)/t12-,14-/m0/s1. The second-order valence-corrected chi connectivity index (χ2v) is 5.81. The largest absolute Gasteiger partial charge is 0.452 e. The van der Waals surface area contributed by atoms with Gasteiger partial charge in [0.25, 0.3) is 5.91 Å². The third kappa shape index (κ3) is 4.23. The molecule has 2 rings (SSSR count). The predicted octanol–water partition coefficient (Wildman–Crippen LogP) is 2.58. The molecule has 1 aliphatic carbocycles. The summed E-state index contributed by atoms with van der Waals surface area (Å²) in [6.45, 7) is 1.92. The molecule has 0 spiro atoms. The van der Waals surface area contributed by atoms with Gasteiger partial charge < -0.3 is 15.4 Å². The second-order valence-electron chi connectivity index (χ2n) is 5.81. The van der Waals surface area contributed by atoms with E-state index in [1.165, 1.54) is 6.42 Å². The van der Waals surface area contributed by atoms with Crippen molar-refractivity contribution in [2.75, 3.05) is 19.0 Å². The summed E-state index contributed by atoms with van der Waals surface area (Å²) < 4.78 is 5.12. The lowest BCUT2D eigenvalue weighted by Crippen LogP contribution is -2.42. The van der Waals surface area contributed by atoms with Crippen molar-refractivity contribution in [3.05, 3.63) is 29.8 Å². The van der Waals surface area contributed by atoms with Crippen LogP contribution in [0, 0.1) is 5.92 Å². The minimum atomic E-state index is -0.489. The van der Waals surface area contributed by atoms with Gasteiger partial charge in [-0.1, -0.05) is 31.9 Å². The molecule has 22 heavy (non-hydrogen) atoms. The summed E-state index contributed by atoms with van der Waals surface area (Å²) in [5.74, 6) is -0.232. The maximum Gasteiger partial charge on any atom is 0.340 e. The van der Waals surface area contributed by atoms with E-state index >= 15 is 0 Å². The monoisotopic (exact) mass is 304 g/mol. The van der Waals surface area contributed by atoms with Crippen molar-refractivity contribution in [2.45, 2.75) is 38.6 Å². The van der Waals surface area contributed by atoms with Gasteiger partial charge in [-0.2, -0.15) is 0 Å². The molecule has 0 heterocycles. The Balaban J connectivity index is 1.84. The van der Waals surface area contributed by atoms with E-state index in [1.807, 2.05) is 6.07 Å². The number of amides is 1. The molecule has 1 aliphatic rings. The maximum absolute atomic E-state index is 12.0. The van der Waals surface area contributed by atoms with Gasteiger partial charge in [0, 0.05) is 18.8 Å². The first-order valence-corrected chi connectivity index (χ1v) is 7.85. The molecule has 0 aliphatic heterocycles. The van der Waals surface area contributed by atoms with Crippen molar-refractivity contribution in [3.8, 4) is 0 Å². The van der Waals surface area contributed by atoms with E-state index in [0.29, 0.717) is 17.2 Å². The third-order valence-corrected chi connectivity index (χ3v) is 4.21. The fraction of sp³-hybridized carbons (Fsp3) is 0.529. The van der Waals surface area contributed by atoms with Crippen molar-refractivity contribution in [3.63, 3.8) is 0 Å². The summed E-state index contributed by atoms with van der Waals surface area (Å²) >= 11 is 0. The van der Waals surface area contributed by atoms with E-state index < -0.39 is 5.97 Å². The van der Waals surface area contributed by atoms with Gasteiger partial charge in [0.2, 0.25) is 0 Å². The van der Waals surface area contributed by atoms with Crippen LogP contribution in [-0.4, -0.2) is 31.6 Å². The highest BCUT2D eigenvalue weighted by atomic mass is 16.5. The van der Waals surface area contributed by atoms with Crippen LogP contribution >= 0.6 is 0 Å². The van der Waals surface area contributed by atoms with E-state index in [9.17, 15) is 9.59 Å². The highest BCUT2D eigenvalue weighted by Crippen LogP contribution is 2.23. The molecule has 0 aromatic heterocycles. The predicted molar refractivity (Wildman–Crippen MR) is 85.8 cm³/mol. The first-order valence-electron chi connectivity index (χ1n) is 7.85. The number of nitrogens with one attached hydrogen (secondary N) is 2. The zero-order valence-electron chi connectivity index (χ0n) is 13.2. The van der Waals surface area contributed by atoms with Gasteiger partial charge in [-0.05, 0) is 30.9 Å². The topological polar surface area (TPSA) is 67.4 Å². The first-order chi connectivity index (χ1) is 10.6. The Hall–Kier alpha value is -2.04. The zero-order valence-corrected chi connectivity index (χ0v) is 13.2. The molecular formula is C17H24N2O3. The number of anilines is 1. The lowest BCUT2D eigenvalue weighted by molar-refractivity contribution is -0.125. The van der Waals surface area contributed by atoms with Crippen LogP contribution in [0.4, 0.5) is 5.69 Å².